The minimum absolute atomic E-state index is 0.0728. The molecule has 1 fully saturated rings. The molecule has 11 heteroatoms. The van der Waals surface area contributed by atoms with Gasteiger partial charge in [-0.05, 0) is 49.1 Å². The Kier molecular flexibility index (Phi) is 5.83. The fraction of sp³-hybridized carbons (Fsp3) is 0.333. The zero-order valence-corrected chi connectivity index (χ0v) is 17.0. The molecule has 32 heavy (non-hydrogen) atoms. The van der Waals surface area contributed by atoms with Crippen molar-refractivity contribution < 1.29 is 27.8 Å². The number of aliphatic hydroxyl groups is 1. The van der Waals surface area contributed by atoms with Crippen LogP contribution in [0.5, 0.6) is 5.75 Å². The average molecular weight is 447 g/mol. The minimum Gasteiger partial charge on any atom is -0.406 e. The minimum atomic E-state index is -4.79. The van der Waals surface area contributed by atoms with Gasteiger partial charge in [0.2, 0.25) is 0 Å². The normalized spacial score (nSPS) is 14.8. The molecule has 0 radical (unpaired) electrons. The molecule has 4 rings (SSSR count). The maximum Gasteiger partial charge on any atom is 0.573 e. The lowest BCUT2D eigenvalue weighted by atomic mass is 10.1. The van der Waals surface area contributed by atoms with Crippen molar-refractivity contribution in [2.24, 2.45) is 13.0 Å². The maximum atomic E-state index is 12.9. The largest absolute Gasteiger partial charge is 0.573 e. The first-order valence-electron chi connectivity index (χ1n) is 9.88. The van der Waals surface area contributed by atoms with Crippen LogP contribution in [0.4, 0.5) is 13.2 Å². The Labute approximate surface area is 181 Å². The van der Waals surface area contributed by atoms with Gasteiger partial charge in [-0.3, -0.25) is 9.48 Å². The highest BCUT2D eigenvalue weighted by Gasteiger charge is 2.32. The summed E-state index contributed by atoms with van der Waals surface area (Å²) in [5.74, 6) is -0.356. The molecule has 1 amide bonds. The van der Waals surface area contributed by atoms with Crippen LogP contribution in [0, 0.1) is 5.92 Å². The van der Waals surface area contributed by atoms with Gasteiger partial charge < -0.3 is 15.2 Å². The number of halogens is 3. The highest BCUT2D eigenvalue weighted by molar-refractivity contribution is 5.94. The van der Waals surface area contributed by atoms with Crippen molar-refractivity contribution in [2.45, 2.75) is 25.2 Å². The van der Waals surface area contributed by atoms with Crippen molar-refractivity contribution in [3.63, 3.8) is 0 Å². The number of nitrogens with zero attached hydrogens (tertiary/aromatic N) is 4. The van der Waals surface area contributed by atoms with Crippen LogP contribution >= 0.6 is 0 Å². The molecule has 2 heterocycles. The molecule has 168 valence electrons. The molecule has 8 nitrogen and oxygen atoms in total. The number of amides is 1. The van der Waals surface area contributed by atoms with E-state index in [1.54, 1.807) is 24.1 Å². The first-order valence-corrected chi connectivity index (χ1v) is 9.88. The number of aryl methyl sites for hydroxylation is 1. The molecule has 0 spiro atoms. The van der Waals surface area contributed by atoms with E-state index in [2.05, 4.69) is 25.1 Å². The second-order valence-electron chi connectivity index (χ2n) is 7.54. The monoisotopic (exact) mass is 447 g/mol. The number of aliphatic hydroxyl groups excluding tert-OH is 1. The summed E-state index contributed by atoms with van der Waals surface area (Å²) in [7, 11) is 1.72. The Balaban J connectivity index is 1.68. The van der Waals surface area contributed by atoms with E-state index in [9.17, 15) is 23.1 Å². The van der Waals surface area contributed by atoms with Crippen LogP contribution in [-0.2, 0) is 7.05 Å². The zero-order valence-electron chi connectivity index (χ0n) is 17.0. The lowest BCUT2D eigenvalue weighted by Crippen LogP contribution is -2.39. The van der Waals surface area contributed by atoms with Crippen molar-refractivity contribution in [2.75, 3.05) is 6.61 Å². The van der Waals surface area contributed by atoms with Crippen molar-refractivity contribution in [3.8, 4) is 28.4 Å². The Hall–Kier alpha value is -3.47. The molecule has 2 aromatic heterocycles. The van der Waals surface area contributed by atoms with Gasteiger partial charge in [-0.15, -0.1) is 13.2 Å². The topological polar surface area (TPSA) is 102 Å². The third kappa shape index (κ3) is 5.22. The van der Waals surface area contributed by atoms with Crippen LogP contribution in [0.3, 0.4) is 0 Å². The number of benzene rings is 1. The van der Waals surface area contributed by atoms with Crippen LogP contribution < -0.4 is 10.1 Å². The molecule has 0 unspecified atom stereocenters. The summed E-state index contributed by atoms with van der Waals surface area (Å²) in [4.78, 5) is 21.7. The second-order valence-corrected chi connectivity index (χ2v) is 7.54. The molecule has 3 aromatic rings. The van der Waals surface area contributed by atoms with E-state index in [0.717, 1.165) is 12.8 Å². The van der Waals surface area contributed by atoms with E-state index in [1.165, 1.54) is 30.3 Å². The summed E-state index contributed by atoms with van der Waals surface area (Å²) in [6.45, 7) is -0.176. The quantitative estimate of drug-likeness (QED) is 0.578. The lowest BCUT2D eigenvalue weighted by molar-refractivity contribution is -0.274. The molecule has 0 saturated heterocycles. The first-order chi connectivity index (χ1) is 15.2. The predicted octanol–water partition coefficient (Wildman–Crippen LogP) is 2.94. The van der Waals surface area contributed by atoms with Gasteiger partial charge in [0.15, 0.2) is 5.82 Å². The van der Waals surface area contributed by atoms with Gasteiger partial charge in [-0.25, -0.2) is 9.97 Å². The summed E-state index contributed by atoms with van der Waals surface area (Å²) in [5, 5.41) is 16.4. The van der Waals surface area contributed by atoms with Gasteiger partial charge >= 0.3 is 6.36 Å². The maximum absolute atomic E-state index is 12.9. The van der Waals surface area contributed by atoms with Crippen molar-refractivity contribution >= 4 is 5.91 Å². The molecule has 0 bridgehead atoms. The van der Waals surface area contributed by atoms with Gasteiger partial charge in [0.25, 0.3) is 5.91 Å². The smallest absolute Gasteiger partial charge is 0.406 e. The third-order valence-corrected chi connectivity index (χ3v) is 5.01. The number of carbonyl (C=O) groups is 1. The predicted molar refractivity (Wildman–Crippen MR) is 107 cm³/mol. The highest BCUT2D eigenvalue weighted by atomic mass is 19.4. The Bertz CT molecular complexity index is 1110. The molecule has 2 N–H and O–H groups in total. The van der Waals surface area contributed by atoms with E-state index >= 15 is 0 Å². The standard InChI is InChI=1S/C21H20F3N5O3/c1-29-10-14(9-25-29)19-26-16(12-4-6-15(7-5-12)32-21(22,23)24)8-17(27-19)20(31)28-18(11-30)13-2-3-13/h4-10,13,18,30H,2-3,11H2,1H3,(H,28,31)/t18-/m1/s1. The van der Waals surface area contributed by atoms with E-state index in [-0.39, 0.29) is 35.8 Å². The first kappa shape index (κ1) is 21.8. The summed E-state index contributed by atoms with van der Waals surface area (Å²) in [6.07, 6.45) is 0.311. The summed E-state index contributed by atoms with van der Waals surface area (Å²) >= 11 is 0. The van der Waals surface area contributed by atoms with Crippen LogP contribution in [0.25, 0.3) is 22.6 Å². The van der Waals surface area contributed by atoms with Gasteiger partial charge in [0, 0.05) is 18.8 Å². The van der Waals surface area contributed by atoms with Crippen LogP contribution in [0.15, 0.2) is 42.7 Å². The molecule has 1 aliphatic carbocycles. The SMILES string of the molecule is Cn1cc(-c2nc(C(=O)N[C@H](CO)C3CC3)cc(-c3ccc(OC(F)(F)F)cc3)n2)cn1. The van der Waals surface area contributed by atoms with Crippen molar-refractivity contribution in [3.05, 3.63) is 48.4 Å². The molecule has 1 aliphatic rings. The Morgan fingerprint density at radius 2 is 1.97 bits per heavy atom. The number of hydrogen-bond donors (Lipinski definition) is 2. The molecular formula is C21H20F3N5O3. The van der Waals surface area contributed by atoms with E-state index in [4.69, 9.17) is 0 Å². The molecule has 1 aromatic carbocycles. The van der Waals surface area contributed by atoms with E-state index in [0.29, 0.717) is 16.8 Å². The number of alkyl halides is 3. The number of aromatic nitrogens is 4. The highest BCUT2D eigenvalue weighted by Crippen LogP contribution is 2.32. The lowest BCUT2D eigenvalue weighted by Gasteiger charge is -2.15. The molecule has 0 aliphatic heterocycles. The number of rotatable bonds is 7. The zero-order chi connectivity index (χ0) is 22.9. The third-order valence-electron chi connectivity index (χ3n) is 5.01. The van der Waals surface area contributed by atoms with Gasteiger partial charge in [0.05, 0.1) is 30.1 Å². The number of nitrogens with one attached hydrogen (secondary N) is 1. The summed E-state index contributed by atoms with van der Waals surface area (Å²) < 4.78 is 42.8. The van der Waals surface area contributed by atoms with Crippen LogP contribution in [0.1, 0.15) is 23.3 Å². The van der Waals surface area contributed by atoms with Gasteiger partial charge in [0.1, 0.15) is 11.4 Å². The van der Waals surface area contributed by atoms with Crippen molar-refractivity contribution in [1.82, 2.24) is 25.1 Å². The number of ether oxygens (including phenoxy) is 1. The van der Waals surface area contributed by atoms with E-state index in [1.807, 2.05) is 0 Å². The summed E-state index contributed by atoms with van der Waals surface area (Å²) in [5.41, 5.74) is 1.46. The Morgan fingerprint density at radius 1 is 1.25 bits per heavy atom. The van der Waals surface area contributed by atoms with Crippen LogP contribution in [0.2, 0.25) is 0 Å². The average Bonchev–Trinajstić information content (AvgIpc) is 3.50. The fourth-order valence-corrected chi connectivity index (χ4v) is 3.26. The fourth-order valence-electron chi connectivity index (χ4n) is 3.26. The number of carbonyl (C=O) groups excluding carboxylic acids is 1. The Morgan fingerprint density at radius 3 is 2.53 bits per heavy atom. The van der Waals surface area contributed by atoms with E-state index < -0.39 is 12.3 Å². The second kappa shape index (κ2) is 8.58. The number of hydrogen-bond acceptors (Lipinski definition) is 6. The van der Waals surface area contributed by atoms with Crippen LogP contribution in [-0.4, -0.2) is 49.8 Å². The van der Waals surface area contributed by atoms with Gasteiger partial charge in [-0.2, -0.15) is 5.10 Å². The molecular weight excluding hydrogens is 427 g/mol. The van der Waals surface area contributed by atoms with Gasteiger partial charge in [-0.1, -0.05) is 0 Å². The summed E-state index contributed by atoms with van der Waals surface area (Å²) in [6, 6.07) is 6.27. The molecule has 1 atom stereocenters. The van der Waals surface area contributed by atoms with Crippen molar-refractivity contribution in [1.29, 1.82) is 0 Å². The molecule has 1 saturated carbocycles.